The summed E-state index contributed by atoms with van der Waals surface area (Å²) >= 11 is 0. The molecule has 0 aliphatic rings. The summed E-state index contributed by atoms with van der Waals surface area (Å²) < 4.78 is 0.903. The lowest BCUT2D eigenvalue weighted by Crippen LogP contribution is -2.41. The lowest BCUT2D eigenvalue weighted by molar-refractivity contribution is -0.120. The second-order valence-electron chi connectivity index (χ2n) is 3.70. The van der Waals surface area contributed by atoms with E-state index in [0.717, 1.165) is 4.68 Å². The van der Waals surface area contributed by atoms with Crippen LogP contribution in [-0.2, 0) is 11.3 Å². The summed E-state index contributed by atoms with van der Waals surface area (Å²) in [6.07, 6.45) is 0. The predicted molar refractivity (Wildman–Crippen MR) is 66.4 cm³/mol. The first-order chi connectivity index (χ1) is 9.11. The van der Waals surface area contributed by atoms with Crippen LogP contribution in [0.25, 0.3) is 10.9 Å². The molecule has 0 saturated carbocycles. The van der Waals surface area contributed by atoms with E-state index in [1.54, 1.807) is 24.3 Å². The first kappa shape index (κ1) is 12.7. The van der Waals surface area contributed by atoms with Crippen LogP contribution in [-0.4, -0.2) is 34.0 Å². The third kappa shape index (κ3) is 2.73. The van der Waals surface area contributed by atoms with E-state index in [0.29, 0.717) is 10.9 Å². The predicted octanol–water partition coefficient (Wildman–Crippen LogP) is -0.753. The molecule has 1 aromatic carbocycles. The minimum absolute atomic E-state index is 0.366. The zero-order valence-corrected chi connectivity index (χ0v) is 10.1. The smallest absolute Gasteiger partial charge is 0.321 e. The molecule has 8 nitrogen and oxygen atoms in total. The van der Waals surface area contributed by atoms with Gasteiger partial charge >= 0.3 is 6.03 Å². The molecule has 0 atom stereocenters. The van der Waals surface area contributed by atoms with Gasteiger partial charge in [0.15, 0.2) is 0 Å². The van der Waals surface area contributed by atoms with Gasteiger partial charge in [-0.05, 0) is 12.1 Å². The van der Waals surface area contributed by atoms with Crippen molar-refractivity contribution in [2.24, 2.45) is 0 Å². The summed E-state index contributed by atoms with van der Waals surface area (Å²) in [5.41, 5.74) is 0.0214. The zero-order chi connectivity index (χ0) is 13.8. The minimum atomic E-state index is -0.647. The number of nitrogens with zero attached hydrogens (tertiary/aromatic N) is 3. The highest BCUT2D eigenvalue weighted by molar-refractivity contribution is 5.94. The van der Waals surface area contributed by atoms with Gasteiger partial charge in [0.1, 0.15) is 12.1 Å². The second-order valence-corrected chi connectivity index (χ2v) is 3.70. The van der Waals surface area contributed by atoms with Crippen molar-refractivity contribution < 1.29 is 9.59 Å². The van der Waals surface area contributed by atoms with Gasteiger partial charge in [-0.25, -0.2) is 9.48 Å². The van der Waals surface area contributed by atoms with Gasteiger partial charge in [-0.1, -0.05) is 17.3 Å². The number of hydrogen-bond donors (Lipinski definition) is 2. The molecule has 0 aliphatic heterocycles. The average molecular weight is 261 g/mol. The van der Waals surface area contributed by atoms with Crippen LogP contribution < -0.4 is 16.2 Å². The third-order valence-electron chi connectivity index (χ3n) is 2.40. The summed E-state index contributed by atoms with van der Waals surface area (Å²) in [5, 5.41) is 12.1. The van der Waals surface area contributed by atoms with Crippen molar-refractivity contribution in [3.63, 3.8) is 0 Å². The number of imide groups is 1. The molecule has 1 heterocycles. The molecule has 19 heavy (non-hydrogen) atoms. The second kappa shape index (κ2) is 5.25. The Morgan fingerprint density at radius 2 is 2.05 bits per heavy atom. The maximum absolute atomic E-state index is 12.0. The van der Waals surface area contributed by atoms with E-state index in [2.05, 4.69) is 15.6 Å². The maximum atomic E-state index is 12.0. The van der Waals surface area contributed by atoms with E-state index < -0.39 is 17.5 Å². The van der Waals surface area contributed by atoms with Gasteiger partial charge in [0.25, 0.3) is 5.56 Å². The summed E-state index contributed by atoms with van der Waals surface area (Å²) in [7, 11) is 1.38. The van der Waals surface area contributed by atoms with Gasteiger partial charge in [-0.15, -0.1) is 5.10 Å². The molecule has 0 fully saturated rings. The Balaban J connectivity index is 2.27. The van der Waals surface area contributed by atoms with E-state index in [1.807, 2.05) is 5.32 Å². The zero-order valence-electron chi connectivity index (χ0n) is 10.1. The molecule has 2 aromatic rings. The number of carbonyl (C=O) groups is 2. The lowest BCUT2D eigenvalue weighted by Gasteiger charge is -2.05. The quantitative estimate of drug-likeness (QED) is 0.739. The van der Waals surface area contributed by atoms with Crippen molar-refractivity contribution in [3.05, 3.63) is 34.6 Å². The molecule has 0 spiro atoms. The number of urea groups is 1. The van der Waals surface area contributed by atoms with Crippen LogP contribution in [0.1, 0.15) is 0 Å². The molecule has 2 N–H and O–H groups in total. The lowest BCUT2D eigenvalue weighted by atomic mass is 10.2. The van der Waals surface area contributed by atoms with Crippen molar-refractivity contribution in [1.29, 1.82) is 0 Å². The van der Waals surface area contributed by atoms with Gasteiger partial charge in [0.05, 0.1) is 5.39 Å². The van der Waals surface area contributed by atoms with E-state index in [9.17, 15) is 14.4 Å². The summed E-state index contributed by atoms with van der Waals surface area (Å²) in [4.78, 5) is 34.4. The van der Waals surface area contributed by atoms with Crippen LogP contribution in [0, 0.1) is 0 Å². The topological polar surface area (TPSA) is 106 Å². The number of rotatable bonds is 2. The molecule has 0 unspecified atom stereocenters. The van der Waals surface area contributed by atoms with E-state index >= 15 is 0 Å². The SMILES string of the molecule is CNC(=O)NC(=O)Cn1nnc2ccccc2c1=O. The molecule has 1 aromatic heterocycles. The Kier molecular flexibility index (Phi) is 3.51. The number of fused-ring (bicyclic) bond motifs is 1. The van der Waals surface area contributed by atoms with Gasteiger partial charge in [0.2, 0.25) is 5.91 Å². The molecular weight excluding hydrogens is 250 g/mol. The molecule has 3 amide bonds. The normalized spacial score (nSPS) is 10.2. The molecule has 0 saturated heterocycles. The highest BCUT2D eigenvalue weighted by Crippen LogP contribution is 2.02. The fourth-order valence-electron chi connectivity index (χ4n) is 1.49. The van der Waals surface area contributed by atoms with Crippen LogP contribution in [0.15, 0.2) is 29.1 Å². The van der Waals surface area contributed by atoms with Crippen LogP contribution >= 0.6 is 0 Å². The number of carbonyl (C=O) groups excluding carboxylic acids is 2. The van der Waals surface area contributed by atoms with Crippen LogP contribution in [0.3, 0.4) is 0 Å². The minimum Gasteiger partial charge on any atom is -0.341 e. The van der Waals surface area contributed by atoms with Gasteiger partial charge in [-0.3, -0.25) is 14.9 Å². The first-order valence-electron chi connectivity index (χ1n) is 5.46. The number of hydrogen-bond acceptors (Lipinski definition) is 5. The first-order valence-corrected chi connectivity index (χ1v) is 5.46. The Morgan fingerprint density at radius 3 is 2.79 bits per heavy atom. The van der Waals surface area contributed by atoms with Crippen molar-refractivity contribution in [3.8, 4) is 0 Å². The Hall–Kier alpha value is -2.77. The van der Waals surface area contributed by atoms with Crippen molar-refractivity contribution >= 4 is 22.8 Å². The van der Waals surface area contributed by atoms with Crippen molar-refractivity contribution in [2.45, 2.75) is 6.54 Å². The van der Waals surface area contributed by atoms with Crippen LogP contribution in [0.4, 0.5) is 4.79 Å². The highest BCUT2D eigenvalue weighted by Gasteiger charge is 2.10. The molecule has 98 valence electrons. The van der Waals surface area contributed by atoms with E-state index in [-0.39, 0.29) is 6.54 Å². The summed E-state index contributed by atoms with van der Waals surface area (Å²) in [5.74, 6) is -0.647. The number of benzene rings is 1. The number of aromatic nitrogens is 3. The third-order valence-corrected chi connectivity index (χ3v) is 2.40. The largest absolute Gasteiger partial charge is 0.341 e. The molecule has 0 aliphatic carbocycles. The highest BCUT2D eigenvalue weighted by atomic mass is 16.2. The Bertz CT molecular complexity index is 694. The average Bonchev–Trinajstić information content (AvgIpc) is 2.42. The Morgan fingerprint density at radius 1 is 1.32 bits per heavy atom. The maximum Gasteiger partial charge on any atom is 0.321 e. The Labute approximate surface area is 107 Å². The molecule has 8 heteroatoms. The molecule has 2 rings (SSSR count). The van der Waals surface area contributed by atoms with Gasteiger partial charge in [0, 0.05) is 7.05 Å². The van der Waals surface area contributed by atoms with Crippen LogP contribution in [0.5, 0.6) is 0 Å². The summed E-state index contributed by atoms with van der Waals surface area (Å²) in [6, 6.07) is 6.03. The monoisotopic (exact) mass is 261 g/mol. The van der Waals surface area contributed by atoms with E-state index in [4.69, 9.17) is 0 Å². The summed E-state index contributed by atoms with van der Waals surface area (Å²) in [6.45, 7) is -0.371. The van der Waals surface area contributed by atoms with Crippen molar-refractivity contribution in [1.82, 2.24) is 25.6 Å². The van der Waals surface area contributed by atoms with Gasteiger partial charge < -0.3 is 5.32 Å². The van der Waals surface area contributed by atoms with E-state index in [1.165, 1.54) is 7.05 Å². The van der Waals surface area contributed by atoms with Gasteiger partial charge in [-0.2, -0.15) is 0 Å². The number of nitrogens with one attached hydrogen (secondary N) is 2. The fraction of sp³-hybridized carbons (Fsp3) is 0.182. The number of amides is 3. The van der Waals surface area contributed by atoms with Crippen molar-refractivity contribution in [2.75, 3.05) is 7.05 Å². The molecule has 0 bridgehead atoms. The fourth-order valence-corrected chi connectivity index (χ4v) is 1.49. The standard InChI is InChI=1S/C11H11N5O3/c1-12-11(19)13-9(17)6-16-10(18)7-4-2-3-5-8(7)14-15-16/h2-5H,6H2,1H3,(H2,12,13,17,19). The van der Waals surface area contributed by atoms with Crippen LogP contribution in [0.2, 0.25) is 0 Å². The molecule has 0 radical (unpaired) electrons. The molecular formula is C11H11N5O3.